The van der Waals surface area contributed by atoms with E-state index in [-0.39, 0.29) is 5.91 Å². The molecule has 1 aromatic carbocycles. The number of carbonyl (C=O) groups excluding carboxylic acids is 1. The summed E-state index contributed by atoms with van der Waals surface area (Å²) < 4.78 is 5.31. The van der Waals surface area contributed by atoms with Crippen molar-refractivity contribution in [2.24, 2.45) is 0 Å². The van der Waals surface area contributed by atoms with Crippen LogP contribution in [-0.4, -0.2) is 73.2 Å². The smallest absolute Gasteiger partial charge is 0.255 e. The topological polar surface area (TPSA) is 48.9 Å². The zero-order valence-corrected chi connectivity index (χ0v) is 15.6. The Bertz CT molecular complexity index is 737. The second-order valence-electron chi connectivity index (χ2n) is 7.06. The van der Waals surface area contributed by atoms with Gasteiger partial charge in [-0.2, -0.15) is 0 Å². The lowest BCUT2D eigenvalue weighted by Crippen LogP contribution is -2.46. The maximum absolute atomic E-state index is 12.5. The number of pyridine rings is 1. The van der Waals surface area contributed by atoms with Crippen LogP contribution in [0.1, 0.15) is 15.9 Å². The Morgan fingerprint density at radius 2 is 1.67 bits per heavy atom. The highest BCUT2D eigenvalue weighted by atomic mass is 16.5. The third-order valence-corrected chi connectivity index (χ3v) is 5.24. The van der Waals surface area contributed by atoms with Crippen molar-refractivity contribution >= 4 is 11.7 Å². The molecule has 0 unspecified atom stereocenters. The number of hydrogen-bond donors (Lipinski definition) is 0. The van der Waals surface area contributed by atoms with E-state index < -0.39 is 0 Å². The SMILES string of the molecule is O=C(c1ccc(N2CCN(Cc3ccccc3)CC2)nc1)N1CCOCC1. The maximum atomic E-state index is 12.5. The number of amides is 1. The molecule has 3 heterocycles. The van der Waals surface area contributed by atoms with E-state index in [0.717, 1.165) is 38.5 Å². The zero-order valence-electron chi connectivity index (χ0n) is 15.6. The molecule has 4 rings (SSSR count). The van der Waals surface area contributed by atoms with Gasteiger partial charge in [-0.15, -0.1) is 0 Å². The van der Waals surface area contributed by atoms with Gasteiger partial charge in [0.1, 0.15) is 5.82 Å². The standard InChI is InChI=1S/C21H26N4O2/c26-21(25-12-14-27-15-13-25)19-6-7-20(22-16-19)24-10-8-23(9-11-24)17-18-4-2-1-3-5-18/h1-7,16H,8-15,17H2. The Balaban J connectivity index is 1.31. The van der Waals surface area contributed by atoms with E-state index in [1.807, 2.05) is 17.0 Å². The molecule has 1 amide bonds. The number of nitrogens with zero attached hydrogens (tertiary/aromatic N) is 4. The van der Waals surface area contributed by atoms with Gasteiger partial charge in [0.25, 0.3) is 5.91 Å². The molecule has 0 spiro atoms. The molecule has 0 radical (unpaired) electrons. The summed E-state index contributed by atoms with van der Waals surface area (Å²) in [6.07, 6.45) is 1.71. The normalized spacial score (nSPS) is 18.5. The van der Waals surface area contributed by atoms with Crippen molar-refractivity contribution in [3.63, 3.8) is 0 Å². The number of hydrogen-bond acceptors (Lipinski definition) is 5. The highest BCUT2D eigenvalue weighted by Gasteiger charge is 2.21. The van der Waals surface area contributed by atoms with Gasteiger partial charge in [-0.1, -0.05) is 30.3 Å². The van der Waals surface area contributed by atoms with Gasteiger partial charge in [-0.05, 0) is 17.7 Å². The quantitative estimate of drug-likeness (QED) is 0.827. The van der Waals surface area contributed by atoms with E-state index in [2.05, 4.69) is 45.1 Å². The molecule has 2 aliphatic heterocycles. The lowest BCUT2D eigenvalue weighted by atomic mass is 10.2. The van der Waals surface area contributed by atoms with E-state index in [4.69, 9.17) is 4.74 Å². The Morgan fingerprint density at radius 3 is 2.33 bits per heavy atom. The van der Waals surface area contributed by atoms with Crippen molar-refractivity contribution in [3.05, 3.63) is 59.8 Å². The molecule has 0 N–H and O–H groups in total. The first-order valence-corrected chi connectivity index (χ1v) is 9.64. The number of carbonyl (C=O) groups is 1. The van der Waals surface area contributed by atoms with Crippen LogP contribution in [-0.2, 0) is 11.3 Å². The first-order chi connectivity index (χ1) is 13.3. The minimum absolute atomic E-state index is 0.0463. The van der Waals surface area contributed by atoms with E-state index in [1.54, 1.807) is 6.20 Å². The van der Waals surface area contributed by atoms with Gasteiger partial charge in [0, 0.05) is 52.0 Å². The van der Waals surface area contributed by atoms with Crippen molar-refractivity contribution in [2.45, 2.75) is 6.54 Å². The molecule has 2 aliphatic rings. The fraction of sp³-hybridized carbons (Fsp3) is 0.429. The van der Waals surface area contributed by atoms with Crippen LogP contribution in [0.25, 0.3) is 0 Å². The summed E-state index contributed by atoms with van der Waals surface area (Å²) in [4.78, 5) is 23.7. The van der Waals surface area contributed by atoms with Crippen LogP contribution >= 0.6 is 0 Å². The molecule has 2 fully saturated rings. The first kappa shape index (κ1) is 17.9. The predicted octanol–water partition coefficient (Wildman–Crippen LogP) is 1.88. The summed E-state index contributed by atoms with van der Waals surface area (Å²) in [5, 5.41) is 0. The second kappa shape index (κ2) is 8.50. The molecule has 6 nitrogen and oxygen atoms in total. The Hall–Kier alpha value is -2.44. The fourth-order valence-electron chi connectivity index (χ4n) is 3.63. The molecular weight excluding hydrogens is 340 g/mol. The molecule has 142 valence electrons. The summed E-state index contributed by atoms with van der Waals surface area (Å²) >= 11 is 0. The summed E-state index contributed by atoms with van der Waals surface area (Å²) in [5.74, 6) is 0.998. The van der Waals surface area contributed by atoms with Gasteiger partial charge in [0.05, 0.1) is 18.8 Å². The van der Waals surface area contributed by atoms with Crippen LogP contribution in [0, 0.1) is 0 Å². The Labute approximate surface area is 160 Å². The third-order valence-electron chi connectivity index (χ3n) is 5.24. The van der Waals surface area contributed by atoms with E-state index in [9.17, 15) is 4.79 Å². The van der Waals surface area contributed by atoms with Crippen LogP contribution in [0.15, 0.2) is 48.7 Å². The number of rotatable bonds is 4. The highest BCUT2D eigenvalue weighted by Crippen LogP contribution is 2.16. The van der Waals surface area contributed by atoms with Crippen molar-refractivity contribution in [2.75, 3.05) is 57.4 Å². The predicted molar refractivity (Wildman–Crippen MR) is 105 cm³/mol. The highest BCUT2D eigenvalue weighted by molar-refractivity contribution is 5.94. The molecule has 2 aromatic rings. The average Bonchev–Trinajstić information content (AvgIpc) is 2.75. The number of anilines is 1. The molecule has 0 bridgehead atoms. The fourth-order valence-corrected chi connectivity index (χ4v) is 3.63. The van der Waals surface area contributed by atoms with Gasteiger partial charge >= 0.3 is 0 Å². The monoisotopic (exact) mass is 366 g/mol. The van der Waals surface area contributed by atoms with Crippen LogP contribution in [0.5, 0.6) is 0 Å². The lowest BCUT2D eigenvalue weighted by molar-refractivity contribution is 0.0302. The molecule has 27 heavy (non-hydrogen) atoms. The van der Waals surface area contributed by atoms with Gasteiger partial charge in [-0.25, -0.2) is 4.98 Å². The van der Waals surface area contributed by atoms with Crippen molar-refractivity contribution in [1.29, 1.82) is 0 Å². The number of aromatic nitrogens is 1. The van der Waals surface area contributed by atoms with Gasteiger partial charge in [0.2, 0.25) is 0 Å². The molecule has 0 atom stereocenters. The summed E-state index contributed by atoms with van der Waals surface area (Å²) in [7, 11) is 0. The molecule has 6 heteroatoms. The number of piperazine rings is 1. The summed E-state index contributed by atoms with van der Waals surface area (Å²) in [6, 6.07) is 14.5. The van der Waals surface area contributed by atoms with Crippen molar-refractivity contribution < 1.29 is 9.53 Å². The van der Waals surface area contributed by atoms with Gasteiger partial charge in [-0.3, -0.25) is 9.69 Å². The Morgan fingerprint density at radius 1 is 0.926 bits per heavy atom. The molecule has 0 aliphatic carbocycles. The van der Waals surface area contributed by atoms with E-state index >= 15 is 0 Å². The summed E-state index contributed by atoms with van der Waals surface area (Å²) in [6.45, 7) is 7.49. The summed E-state index contributed by atoms with van der Waals surface area (Å²) in [5.41, 5.74) is 2.01. The van der Waals surface area contributed by atoms with Gasteiger partial charge in [0.15, 0.2) is 0 Å². The van der Waals surface area contributed by atoms with E-state index in [0.29, 0.717) is 31.9 Å². The lowest BCUT2D eigenvalue weighted by Gasteiger charge is -2.35. The first-order valence-electron chi connectivity index (χ1n) is 9.64. The zero-order chi connectivity index (χ0) is 18.5. The van der Waals surface area contributed by atoms with Crippen LogP contribution in [0.3, 0.4) is 0 Å². The average molecular weight is 366 g/mol. The van der Waals surface area contributed by atoms with Crippen LogP contribution in [0.2, 0.25) is 0 Å². The third kappa shape index (κ3) is 4.46. The second-order valence-corrected chi connectivity index (χ2v) is 7.06. The number of ether oxygens (including phenoxy) is 1. The van der Waals surface area contributed by atoms with Crippen molar-refractivity contribution in [1.82, 2.24) is 14.8 Å². The number of benzene rings is 1. The maximum Gasteiger partial charge on any atom is 0.255 e. The minimum Gasteiger partial charge on any atom is -0.378 e. The van der Waals surface area contributed by atoms with Crippen LogP contribution in [0.4, 0.5) is 5.82 Å². The van der Waals surface area contributed by atoms with Gasteiger partial charge < -0.3 is 14.5 Å². The van der Waals surface area contributed by atoms with E-state index in [1.165, 1.54) is 5.56 Å². The largest absolute Gasteiger partial charge is 0.378 e. The number of morpholine rings is 1. The van der Waals surface area contributed by atoms with Crippen molar-refractivity contribution in [3.8, 4) is 0 Å². The molecular formula is C21H26N4O2. The molecule has 2 saturated heterocycles. The molecule has 1 aromatic heterocycles. The Kier molecular flexibility index (Phi) is 5.65. The minimum atomic E-state index is 0.0463. The molecule has 0 saturated carbocycles. The van der Waals surface area contributed by atoms with Crippen LogP contribution < -0.4 is 4.90 Å².